The summed E-state index contributed by atoms with van der Waals surface area (Å²) >= 11 is 0. The highest BCUT2D eigenvalue weighted by molar-refractivity contribution is 6.58. The fourth-order valence-electron chi connectivity index (χ4n) is 2.74. The summed E-state index contributed by atoms with van der Waals surface area (Å²) in [6, 6.07) is 8.08. The average Bonchev–Trinajstić information content (AvgIpc) is 2.52. The van der Waals surface area contributed by atoms with E-state index in [0.717, 1.165) is 31.7 Å². The first-order valence-electron chi connectivity index (χ1n) is 6.94. The molecule has 0 aromatic heterocycles. The van der Waals surface area contributed by atoms with Crippen LogP contribution in [0.1, 0.15) is 18.9 Å². The van der Waals surface area contributed by atoms with Crippen molar-refractivity contribution in [1.82, 2.24) is 9.80 Å². The average molecular weight is 262 g/mol. The summed E-state index contributed by atoms with van der Waals surface area (Å²) in [5, 5.41) is 18.4. The van der Waals surface area contributed by atoms with Gasteiger partial charge in [0.2, 0.25) is 0 Å². The third kappa shape index (κ3) is 4.04. The van der Waals surface area contributed by atoms with Crippen LogP contribution in [0, 0.1) is 0 Å². The topological polar surface area (TPSA) is 46.9 Å². The standard InChI is InChI=1S/C14H23BN2O2/c1-12-10-16(2)7-4-8-17(12)11-13-5-3-6-14(9-13)15(18)19/h3,5-6,9,12,18-19H,4,7-8,10-11H2,1-2H3. The Hall–Kier alpha value is -0.875. The zero-order chi connectivity index (χ0) is 13.8. The Morgan fingerprint density at radius 1 is 1.32 bits per heavy atom. The van der Waals surface area contributed by atoms with Crippen molar-refractivity contribution in [2.24, 2.45) is 0 Å². The number of rotatable bonds is 3. The molecular weight excluding hydrogens is 239 g/mol. The molecule has 1 saturated heterocycles. The van der Waals surface area contributed by atoms with Crippen LogP contribution < -0.4 is 5.46 Å². The monoisotopic (exact) mass is 262 g/mol. The molecule has 0 bridgehead atoms. The molecule has 1 aromatic rings. The number of benzene rings is 1. The van der Waals surface area contributed by atoms with E-state index in [1.165, 1.54) is 6.42 Å². The Morgan fingerprint density at radius 3 is 2.84 bits per heavy atom. The first-order valence-corrected chi connectivity index (χ1v) is 6.94. The molecule has 19 heavy (non-hydrogen) atoms. The molecule has 4 nitrogen and oxygen atoms in total. The third-order valence-corrected chi connectivity index (χ3v) is 3.82. The molecule has 2 rings (SSSR count). The Balaban J connectivity index is 2.05. The van der Waals surface area contributed by atoms with Crippen LogP contribution in [-0.4, -0.2) is 59.7 Å². The maximum atomic E-state index is 9.22. The lowest BCUT2D eigenvalue weighted by Gasteiger charge is -2.28. The molecule has 1 fully saturated rings. The summed E-state index contributed by atoms with van der Waals surface area (Å²) < 4.78 is 0. The fraction of sp³-hybridized carbons (Fsp3) is 0.571. The van der Waals surface area contributed by atoms with E-state index >= 15 is 0 Å². The molecular formula is C14H23BN2O2. The van der Waals surface area contributed by atoms with Crippen molar-refractivity contribution < 1.29 is 10.0 Å². The SMILES string of the molecule is CC1CN(C)CCCN1Cc1cccc(B(O)O)c1. The molecule has 0 saturated carbocycles. The van der Waals surface area contributed by atoms with E-state index in [2.05, 4.69) is 23.8 Å². The maximum absolute atomic E-state index is 9.22. The van der Waals surface area contributed by atoms with Crippen LogP contribution in [0.15, 0.2) is 24.3 Å². The van der Waals surface area contributed by atoms with Crippen LogP contribution in [0.3, 0.4) is 0 Å². The molecule has 1 aliphatic rings. The van der Waals surface area contributed by atoms with Crippen LogP contribution in [0.4, 0.5) is 0 Å². The van der Waals surface area contributed by atoms with Crippen molar-refractivity contribution in [3.05, 3.63) is 29.8 Å². The summed E-state index contributed by atoms with van der Waals surface area (Å²) in [4.78, 5) is 4.84. The van der Waals surface area contributed by atoms with Crippen molar-refractivity contribution in [1.29, 1.82) is 0 Å². The van der Waals surface area contributed by atoms with Crippen molar-refractivity contribution in [2.75, 3.05) is 26.7 Å². The van der Waals surface area contributed by atoms with E-state index in [1.54, 1.807) is 6.07 Å². The quantitative estimate of drug-likeness (QED) is 0.746. The normalized spacial score (nSPS) is 22.2. The van der Waals surface area contributed by atoms with Gasteiger partial charge in [0.1, 0.15) is 0 Å². The second-order valence-corrected chi connectivity index (χ2v) is 5.55. The second-order valence-electron chi connectivity index (χ2n) is 5.55. The molecule has 1 unspecified atom stereocenters. The molecule has 5 heteroatoms. The van der Waals surface area contributed by atoms with Gasteiger partial charge in [-0.2, -0.15) is 0 Å². The van der Waals surface area contributed by atoms with Gasteiger partial charge in [0.15, 0.2) is 0 Å². The number of likely N-dealkylation sites (N-methyl/N-ethyl adjacent to an activating group) is 1. The Labute approximate surface area is 115 Å². The lowest BCUT2D eigenvalue weighted by Crippen LogP contribution is -2.38. The second kappa shape index (κ2) is 6.52. The van der Waals surface area contributed by atoms with E-state index in [4.69, 9.17) is 0 Å². The largest absolute Gasteiger partial charge is 0.488 e. The molecule has 1 aromatic carbocycles. The molecule has 2 N–H and O–H groups in total. The zero-order valence-corrected chi connectivity index (χ0v) is 11.8. The first kappa shape index (κ1) is 14.5. The van der Waals surface area contributed by atoms with E-state index < -0.39 is 7.12 Å². The van der Waals surface area contributed by atoms with Gasteiger partial charge < -0.3 is 14.9 Å². The minimum Gasteiger partial charge on any atom is -0.423 e. The highest BCUT2D eigenvalue weighted by atomic mass is 16.4. The van der Waals surface area contributed by atoms with E-state index in [-0.39, 0.29) is 0 Å². The molecule has 0 radical (unpaired) electrons. The molecule has 0 spiro atoms. The number of hydrogen-bond donors (Lipinski definition) is 2. The summed E-state index contributed by atoms with van der Waals surface area (Å²) in [5.41, 5.74) is 1.71. The maximum Gasteiger partial charge on any atom is 0.488 e. The van der Waals surface area contributed by atoms with Gasteiger partial charge in [-0.1, -0.05) is 24.3 Å². The smallest absolute Gasteiger partial charge is 0.423 e. The van der Waals surface area contributed by atoms with Gasteiger partial charge in [-0.25, -0.2) is 0 Å². The highest BCUT2D eigenvalue weighted by Gasteiger charge is 2.20. The van der Waals surface area contributed by atoms with Crippen molar-refractivity contribution in [3.8, 4) is 0 Å². The van der Waals surface area contributed by atoms with Crippen molar-refractivity contribution in [3.63, 3.8) is 0 Å². The first-order chi connectivity index (χ1) is 9.06. The van der Waals surface area contributed by atoms with Crippen LogP contribution in [0.5, 0.6) is 0 Å². The molecule has 0 aliphatic carbocycles. The zero-order valence-electron chi connectivity index (χ0n) is 11.8. The van der Waals surface area contributed by atoms with Gasteiger partial charge in [0.05, 0.1) is 0 Å². The lowest BCUT2D eigenvalue weighted by atomic mass is 9.79. The highest BCUT2D eigenvalue weighted by Crippen LogP contribution is 2.12. The lowest BCUT2D eigenvalue weighted by molar-refractivity contribution is 0.194. The van der Waals surface area contributed by atoms with Gasteiger partial charge in [0, 0.05) is 25.7 Å². The van der Waals surface area contributed by atoms with Gasteiger partial charge >= 0.3 is 7.12 Å². The summed E-state index contributed by atoms with van der Waals surface area (Å²) in [6.07, 6.45) is 1.18. The van der Waals surface area contributed by atoms with Crippen LogP contribution in [-0.2, 0) is 6.54 Å². The Kier molecular flexibility index (Phi) is 4.99. The summed E-state index contributed by atoms with van der Waals surface area (Å²) in [6.45, 7) is 6.46. The number of nitrogens with zero attached hydrogens (tertiary/aromatic N) is 2. The predicted octanol–water partition coefficient (Wildman–Crippen LogP) is -0.108. The summed E-state index contributed by atoms with van der Waals surface area (Å²) in [7, 11) is 0.788. The molecule has 0 amide bonds. The molecule has 1 atom stereocenters. The Bertz CT molecular complexity index is 414. The van der Waals surface area contributed by atoms with Crippen LogP contribution in [0.2, 0.25) is 0 Å². The van der Waals surface area contributed by atoms with Gasteiger partial charge in [-0.3, -0.25) is 4.90 Å². The molecule has 1 heterocycles. The Morgan fingerprint density at radius 2 is 2.11 bits per heavy atom. The van der Waals surface area contributed by atoms with Gasteiger partial charge in [-0.15, -0.1) is 0 Å². The minimum absolute atomic E-state index is 0.523. The van der Waals surface area contributed by atoms with Crippen molar-refractivity contribution in [2.45, 2.75) is 25.9 Å². The predicted molar refractivity (Wildman–Crippen MR) is 78.3 cm³/mol. The molecule has 104 valence electrons. The van der Waals surface area contributed by atoms with E-state index in [0.29, 0.717) is 11.5 Å². The minimum atomic E-state index is -1.38. The van der Waals surface area contributed by atoms with Gasteiger partial charge in [-0.05, 0) is 38.0 Å². The molecule has 1 aliphatic heterocycles. The van der Waals surface area contributed by atoms with Crippen molar-refractivity contribution >= 4 is 12.6 Å². The van der Waals surface area contributed by atoms with Crippen LogP contribution >= 0.6 is 0 Å². The van der Waals surface area contributed by atoms with E-state index in [9.17, 15) is 10.0 Å². The summed E-state index contributed by atoms with van der Waals surface area (Å²) in [5.74, 6) is 0. The van der Waals surface area contributed by atoms with Gasteiger partial charge in [0.25, 0.3) is 0 Å². The fourth-order valence-corrected chi connectivity index (χ4v) is 2.74. The van der Waals surface area contributed by atoms with E-state index in [1.807, 2.05) is 18.2 Å². The number of hydrogen-bond acceptors (Lipinski definition) is 4. The third-order valence-electron chi connectivity index (χ3n) is 3.82. The van der Waals surface area contributed by atoms with Crippen LogP contribution in [0.25, 0.3) is 0 Å².